The van der Waals surface area contributed by atoms with Crippen LogP contribution in [0.3, 0.4) is 0 Å². The van der Waals surface area contributed by atoms with Crippen LogP contribution in [0, 0.1) is 0 Å². The number of hydrogen-bond donors (Lipinski definition) is 3. The number of carboxylic acids is 1. The predicted octanol–water partition coefficient (Wildman–Crippen LogP) is 4.84. The molecular weight excluding hydrogens is 532 g/mol. The summed E-state index contributed by atoms with van der Waals surface area (Å²) in [6.45, 7) is 0.806. The molecule has 0 radical (unpaired) electrons. The van der Waals surface area contributed by atoms with Crippen molar-refractivity contribution in [3.63, 3.8) is 0 Å². The molecule has 3 aromatic carbocycles. The molecule has 4 aromatic rings. The van der Waals surface area contributed by atoms with Gasteiger partial charge in [0.05, 0.1) is 22.6 Å². The average Bonchev–Trinajstić information content (AvgIpc) is 3.22. The van der Waals surface area contributed by atoms with Crippen LogP contribution in [0.4, 0.5) is 5.82 Å². The number of aliphatic hydroxyl groups is 1. The Morgan fingerprint density at radius 1 is 1.05 bits per heavy atom. The molecule has 0 bridgehead atoms. The Labute approximate surface area is 234 Å². The first-order valence-corrected chi connectivity index (χ1v) is 13.4. The molecule has 1 aliphatic heterocycles. The van der Waals surface area contributed by atoms with Gasteiger partial charge in [0.2, 0.25) is 0 Å². The van der Waals surface area contributed by atoms with Crippen molar-refractivity contribution in [2.75, 3.05) is 25.0 Å². The number of fused-ring (bicyclic) bond motifs is 1. The van der Waals surface area contributed by atoms with Gasteiger partial charge >= 0.3 is 5.97 Å². The van der Waals surface area contributed by atoms with Crippen LogP contribution >= 0.6 is 24.0 Å². The first-order valence-electron chi connectivity index (χ1n) is 12.2. The third-order valence-electron chi connectivity index (χ3n) is 6.26. The molecule has 5 rings (SSSR count). The Morgan fingerprint density at radius 2 is 1.85 bits per heavy atom. The molecule has 8 nitrogen and oxygen atoms in total. The van der Waals surface area contributed by atoms with Crippen LogP contribution in [-0.4, -0.2) is 61.0 Å². The number of nitrogens with zero attached hydrogens (tertiary/aromatic N) is 3. The monoisotopic (exact) mass is 556 g/mol. The molecule has 1 amide bonds. The zero-order chi connectivity index (χ0) is 27.4. The van der Waals surface area contributed by atoms with Crippen molar-refractivity contribution < 1.29 is 19.8 Å². The Morgan fingerprint density at radius 3 is 2.62 bits per heavy atom. The summed E-state index contributed by atoms with van der Waals surface area (Å²) in [5, 5.41) is 22.2. The van der Waals surface area contributed by atoms with E-state index >= 15 is 0 Å². The SMILES string of the molecule is O=C(O)c1ccc(CCN2C(=O)C(=Cc3cccc(-c4ccc5ncnc(NCCO)c5c4)c3)SC2=S)cc1. The lowest BCUT2D eigenvalue weighted by Gasteiger charge is -2.14. The van der Waals surface area contributed by atoms with Gasteiger partial charge in [0, 0.05) is 18.5 Å². The van der Waals surface area contributed by atoms with Crippen molar-refractivity contribution in [3.05, 3.63) is 94.7 Å². The summed E-state index contributed by atoms with van der Waals surface area (Å²) in [6, 6.07) is 20.5. The molecule has 0 aliphatic carbocycles. The summed E-state index contributed by atoms with van der Waals surface area (Å²) in [4.78, 5) is 35.0. The highest BCUT2D eigenvalue weighted by molar-refractivity contribution is 8.26. The summed E-state index contributed by atoms with van der Waals surface area (Å²) >= 11 is 6.76. The van der Waals surface area contributed by atoms with E-state index in [-0.39, 0.29) is 18.1 Å². The Hall–Kier alpha value is -4.12. The van der Waals surface area contributed by atoms with Crippen LogP contribution in [0.1, 0.15) is 21.5 Å². The normalized spacial score (nSPS) is 14.4. The smallest absolute Gasteiger partial charge is 0.335 e. The van der Waals surface area contributed by atoms with Gasteiger partial charge in [0.1, 0.15) is 16.5 Å². The summed E-state index contributed by atoms with van der Waals surface area (Å²) in [6.07, 6.45) is 3.91. The Balaban J connectivity index is 1.33. The van der Waals surface area contributed by atoms with Gasteiger partial charge in [-0.15, -0.1) is 0 Å². The van der Waals surface area contributed by atoms with Crippen molar-refractivity contribution in [1.29, 1.82) is 0 Å². The number of rotatable bonds is 9. The first-order chi connectivity index (χ1) is 18.9. The van der Waals surface area contributed by atoms with E-state index in [1.54, 1.807) is 29.2 Å². The van der Waals surface area contributed by atoms with Crippen LogP contribution in [0.25, 0.3) is 28.1 Å². The Bertz CT molecular complexity index is 1600. The van der Waals surface area contributed by atoms with Crippen LogP contribution in [-0.2, 0) is 11.2 Å². The summed E-state index contributed by atoms with van der Waals surface area (Å²) in [7, 11) is 0. The molecule has 196 valence electrons. The lowest BCUT2D eigenvalue weighted by molar-refractivity contribution is -0.122. The molecule has 10 heteroatoms. The number of carbonyl (C=O) groups excluding carboxylic acids is 1. The molecule has 0 unspecified atom stereocenters. The van der Waals surface area contributed by atoms with Gasteiger partial charge in [0.25, 0.3) is 5.91 Å². The van der Waals surface area contributed by atoms with Gasteiger partial charge in [-0.05, 0) is 65.1 Å². The summed E-state index contributed by atoms with van der Waals surface area (Å²) in [5.74, 6) is -0.448. The number of carbonyl (C=O) groups is 2. The average molecular weight is 557 g/mol. The molecule has 1 aliphatic rings. The highest BCUT2D eigenvalue weighted by Crippen LogP contribution is 2.34. The third kappa shape index (κ3) is 5.98. The molecule has 0 saturated carbocycles. The largest absolute Gasteiger partial charge is 0.478 e. The fourth-order valence-electron chi connectivity index (χ4n) is 4.26. The van der Waals surface area contributed by atoms with Crippen molar-refractivity contribution in [3.8, 4) is 11.1 Å². The summed E-state index contributed by atoms with van der Waals surface area (Å²) < 4.78 is 0.502. The van der Waals surface area contributed by atoms with Crippen LogP contribution in [0.5, 0.6) is 0 Å². The number of anilines is 1. The second kappa shape index (κ2) is 11.7. The number of hydrogen-bond acceptors (Lipinski definition) is 8. The van der Waals surface area contributed by atoms with Crippen molar-refractivity contribution in [1.82, 2.24) is 14.9 Å². The fraction of sp³-hybridized carbons (Fsp3) is 0.138. The van der Waals surface area contributed by atoms with E-state index in [0.29, 0.717) is 34.6 Å². The van der Waals surface area contributed by atoms with Crippen LogP contribution < -0.4 is 5.32 Å². The maximum atomic E-state index is 13.1. The van der Waals surface area contributed by atoms with E-state index in [2.05, 4.69) is 15.3 Å². The first kappa shape index (κ1) is 26.5. The quantitative estimate of drug-likeness (QED) is 0.197. The van der Waals surface area contributed by atoms with E-state index in [1.807, 2.05) is 48.5 Å². The highest BCUT2D eigenvalue weighted by atomic mass is 32.2. The number of amides is 1. The predicted molar refractivity (Wildman–Crippen MR) is 158 cm³/mol. The maximum absolute atomic E-state index is 13.1. The molecular formula is C29H24N4O4S2. The van der Waals surface area contributed by atoms with Gasteiger partial charge in [-0.1, -0.05) is 60.4 Å². The van der Waals surface area contributed by atoms with Gasteiger partial charge in [-0.25, -0.2) is 14.8 Å². The number of nitrogens with one attached hydrogen (secondary N) is 1. The van der Waals surface area contributed by atoms with Crippen molar-refractivity contribution in [2.45, 2.75) is 6.42 Å². The molecule has 39 heavy (non-hydrogen) atoms. The number of benzene rings is 3. The number of thiocarbonyl (C=S) groups is 1. The van der Waals surface area contributed by atoms with Gasteiger partial charge in [0.15, 0.2) is 0 Å². The van der Waals surface area contributed by atoms with E-state index < -0.39 is 5.97 Å². The van der Waals surface area contributed by atoms with E-state index in [1.165, 1.54) is 18.1 Å². The molecule has 2 heterocycles. The van der Waals surface area contributed by atoms with Crippen LogP contribution in [0.2, 0.25) is 0 Å². The summed E-state index contributed by atoms with van der Waals surface area (Å²) in [5.41, 5.74) is 4.78. The molecule has 3 N–H and O–H groups in total. The number of carboxylic acid groups (broad SMARTS) is 1. The van der Waals surface area contributed by atoms with Gasteiger partial charge in [-0.2, -0.15) is 0 Å². The maximum Gasteiger partial charge on any atom is 0.335 e. The minimum Gasteiger partial charge on any atom is -0.478 e. The van der Waals surface area contributed by atoms with Gasteiger partial charge in [-0.3, -0.25) is 9.69 Å². The molecule has 0 atom stereocenters. The Kier molecular flexibility index (Phi) is 7.97. The van der Waals surface area contributed by atoms with Gasteiger partial charge < -0.3 is 15.5 Å². The molecule has 1 aromatic heterocycles. The second-order valence-electron chi connectivity index (χ2n) is 8.82. The number of aromatic nitrogens is 2. The zero-order valence-corrected chi connectivity index (χ0v) is 22.3. The minimum absolute atomic E-state index is 0.000610. The van der Waals surface area contributed by atoms with Crippen molar-refractivity contribution >= 4 is 63.0 Å². The molecule has 1 saturated heterocycles. The van der Waals surface area contributed by atoms with Crippen LogP contribution in [0.15, 0.2) is 78.0 Å². The van der Waals surface area contributed by atoms with E-state index in [4.69, 9.17) is 17.3 Å². The van der Waals surface area contributed by atoms with E-state index in [0.717, 1.165) is 33.2 Å². The number of thioether (sulfide) groups is 1. The van der Waals surface area contributed by atoms with E-state index in [9.17, 15) is 14.7 Å². The van der Waals surface area contributed by atoms with Crippen molar-refractivity contribution in [2.24, 2.45) is 0 Å². The molecule has 0 spiro atoms. The topological polar surface area (TPSA) is 116 Å². The number of aliphatic hydroxyl groups excluding tert-OH is 1. The standard InChI is InChI=1S/C29H24N4O4S2/c34-13-11-30-26-23-16-22(8-9-24(23)31-17-32-26)21-3-1-2-19(14-21)15-25-27(35)33(29(38)39-25)12-10-18-4-6-20(7-5-18)28(36)37/h1-9,14-17,34H,10-13H2,(H,36,37)(H,30,31,32). The lowest BCUT2D eigenvalue weighted by Crippen LogP contribution is -2.30. The number of aromatic carboxylic acids is 1. The fourth-order valence-corrected chi connectivity index (χ4v) is 5.57. The zero-order valence-electron chi connectivity index (χ0n) is 20.7. The minimum atomic E-state index is -0.970. The molecule has 1 fully saturated rings. The third-order valence-corrected chi connectivity index (χ3v) is 7.63. The highest BCUT2D eigenvalue weighted by Gasteiger charge is 2.31. The lowest BCUT2D eigenvalue weighted by atomic mass is 10.0. The second-order valence-corrected chi connectivity index (χ2v) is 10.5.